The van der Waals surface area contributed by atoms with Gasteiger partial charge in [0.2, 0.25) is 5.91 Å². The van der Waals surface area contributed by atoms with Gasteiger partial charge in [-0.3, -0.25) is 4.79 Å². The van der Waals surface area contributed by atoms with Gasteiger partial charge in [-0.25, -0.2) is 4.98 Å². The minimum atomic E-state index is 0.150. The molecule has 5 rings (SSSR count). The molecule has 0 atom stereocenters. The van der Waals surface area contributed by atoms with E-state index in [4.69, 9.17) is 9.40 Å². The van der Waals surface area contributed by atoms with Gasteiger partial charge in [0.1, 0.15) is 5.76 Å². The molecule has 1 aliphatic rings. The van der Waals surface area contributed by atoms with Crippen LogP contribution in [0.4, 0.5) is 0 Å². The highest BCUT2D eigenvalue weighted by Crippen LogP contribution is 2.34. The number of thioether (sulfide) groups is 1. The molecule has 4 heterocycles. The number of hydrogen-bond donors (Lipinski definition) is 0. The van der Waals surface area contributed by atoms with Crippen LogP contribution in [0.1, 0.15) is 29.5 Å². The van der Waals surface area contributed by atoms with Gasteiger partial charge >= 0.3 is 0 Å². The van der Waals surface area contributed by atoms with Crippen LogP contribution in [0.25, 0.3) is 21.6 Å². The number of furan rings is 1. The van der Waals surface area contributed by atoms with E-state index < -0.39 is 0 Å². The summed E-state index contributed by atoms with van der Waals surface area (Å²) in [7, 11) is 1.91. The van der Waals surface area contributed by atoms with Crippen LogP contribution in [0.15, 0.2) is 46.2 Å². The molecule has 0 aliphatic carbocycles. The molecule has 9 heteroatoms. The van der Waals surface area contributed by atoms with E-state index in [0.717, 1.165) is 53.8 Å². The van der Waals surface area contributed by atoms with E-state index in [9.17, 15) is 4.79 Å². The highest BCUT2D eigenvalue weighted by atomic mass is 32.2. The lowest BCUT2D eigenvalue weighted by Gasteiger charge is -2.31. The van der Waals surface area contributed by atoms with Crippen molar-refractivity contribution in [2.45, 2.75) is 30.8 Å². The lowest BCUT2D eigenvalue weighted by Crippen LogP contribution is -2.39. The average molecular weight is 454 g/mol. The second-order valence-electron chi connectivity index (χ2n) is 7.72. The van der Waals surface area contributed by atoms with Crippen molar-refractivity contribution >= 4 is 39.2 Å². The highest BCUT2D eigenvalue weighted by molar-refractivity contribution is 7.99. The number of para-hydroxylation sites is 1. The Labute approximate surface area is 188 Å². The molecule has 3 aromatic heterocycles. The molecule has 1 aromatic carbocycles. The predicted molar refractivity (Wildman–Crippen MR) is 122 cm³/mol. The largest absolute Gasteiger partial charge is 0.469 e. The molecule has 1 amide bonds. The first-order valence-electron chi connectivity index (χ1n) is 10.3. The van der Waals surface area contributed by atoms with Crippen molar-refractivity contribution < 1.29 is 9.21 Å². The van der Waals surface area contributed by atoms with Gasteiger partial charge in [0.05, 0.1) is 32.8 Å². The van der Waals surface area contributed by atoms with Crippen molar-refractivity contribution in [3.8, 4) is 11.4 Å². The molecule has 0 saturated carbocycles. The van der Waals surface area contributed by atoms with Crippen LogP contribution in [-0.4, -0.2) is 49.4 Å². The topological polar surface area (TPSA) is 77.1 Å². The number of likely N-dealkylation sites (tertiary alicyclic amines) is 1. The Morgan fingerprint density at radius 3 is 2.77 bits per heavy atom. The summed E-state index contributed by atoms with van der Waals surface area (Å²) in [6, 6.07) is 10.2. The molecular weight excluding hydrogens is 430 g/mol. The number of piperidine rings is 1. The summed E-state index contributed by atoms with van der Waals surface area (Å²) in [5.41, 5.74) is 2.00. The van der Waals surface area contributed by atoms with E-state index in [2.05, 4.69) is 28.4 Å². The molecule has 7 nitrogen and oxygen atoms in total. The third-order valence-corrected chi connectivity index (χ3v) is 7.97. The standard InChI is InChI=1S/C22H23N5O2S2/c1-14-16(9-12-29-14)20-24-25-22(26(20)2)30-13-19(28)27-10-7-15(8-11-27)21-23-17-5-3-4-6-18(17)31-21/h3-6,9,12,15H,7-8,10-11,13H2,1-2H3. The summed E-state index contributed by atoms with van der Waals surface area (Å²) in [6.45, 7) is 3.45. The maximum absolute atomic E-state index is 12.8. The molecular formula is C22H23N5O2S2. The number of amides is 1. The third-order valence-electron chi connectivity index (χ3n) is 5.77. The Morgan fingerprint density at radius 1 is 1.23 bits per heavy atom. The lowest BCUT2D eigenvalue weighted by molar-refractivity contribution is -0.129. The zero-order chi connectivity index (χ0) is 21.4. The number of aromatic nitrogens is 4. The SMILES string of the molecule is Cc1occc1-c1nnc(SCC(=O)N2CCC(c3nc4ccccc4s3)CC2)n1C. The number of rotatable bonds is 5. The van der Waals surface area contributed by atoms with Crippen molar-refractivity contribution in [2.75, 3.05) is 18.8 Å². The molecule has 1 aliphatic heterocycles. The second-order valence-corrected chi connectivity index (χ2v) is 9.72. The van der Waals surface area contributed by atoms with Crippen LogP contribution in [0.5, 0.6) is 0 Å². The average Bonchev–Trinajstić information content (AvgIpc) is 3.50. The molecule has 31 heavy (non-hydrogen) atoms. The number of hydrogen-bond acceptors (Lipinski definition) is 7. The van der Waals surface area contributed by atoms with E-state index in [1.165, 1.54) is 21.5 Å². The highest BCUT2D eigenvalue weighted by Gasteiger charge is 2.26. The zero-order valence-electron chi connectivity index (χ0n) is 17.4. The van der Waals surface area contributed by atoms with Crippen LogP contribution >= 0.6 is 23.1 Å². The summed E-state index contributed by atoms with van der Waals surface area (Å²) in [5.74, 6) is 2.50. The van der Waals surface area contributed by atoms with E-state index in [0.29, 0.717) is 11.7 Å². The van der Waals surface area contributed by atoms with Crippen molar-refractivity contribution in [1.29, 1.82) is 0 Å². The Hall–Kier alpha value is -2.65. The number of fused-ring (bicyclic) bond motifs is 1. The fourth-order valence-corrected chi connectivity index (χ4v) is 5.90. The van der Waals surface area contributed by atoms with Crippen LogP contribution in [0.2, 0.25) is 0 Å². The van der Waals surface area contributed by atoms with Gasteiger partial charge in [-0.1, -0.05) is 23.9 Å². The normalized spacial score (nSPS) is 15.1. The minimum absolute atomic E-state index is 0.150. The molecule has 0 spiro atoms. The summed E-state index contributed by atoms with van der Waals surface area (Å²) in [6.07, 6.45) is 3.57. The maximum atomic E-state index is 12.8. The number of carbonyl (C=O) groups excluding carboxylic acids is 1. The van der Waals surface area contributed by atoms with Crippen LogP contribution in [0.3, 0.4) is 0 Å². The number of thiazole rings is 1. The lowest BCUT2D eigenvalue weighted by atomic mass is 9.97. The Bertz CT molecular complexity index is 1190. The Morgan fingerprint density at radius 2 is 2.03 bits per heavy atom. The van der Waals surface area contributed by atoms with Crippen molar-refractivity contribution in [3.05, 3.63) is 47.4 Å². The van der Waals surface area contributed by atoms with Crippen LogP contribution in [0, 0.1) is 6.92 Å². The number of carbonyl (C=O) groups is 1. The zero-order valence-corrected chi connectivity index (χ0v) is 19.1. The number of aryl methyl sites for hydroxylation is 1. The van der Waals surface area contributed by atoms with Gasteiger partial charge in [0.25, 0.3) is 0 Å². The van der Waals surface area contributed by atoms with E-state index >= 15 is 0 Å². The van der Waals surface area contributed by atoms with Gasteiger partial charge in [-0.05, 0) is 38.0 Å². The molecule has 0 bridgehead atoms. The number of nitrogens with zero attached hydrogens (tertiary/aromatic N) is 5. The smallest absolute Gasteiger partial charge is 0.233 e. The first-order valence-corrected chi connectivity index (χ1v) is 12.1. The minimum Gasteiger partial charge on any atom is -0.469 e. The Balaban J connectivity index is 1.17. The Kier molecular flexibility index (Phi) is 5.54. The molecule has 160 valence electrons. The molecule has 1 fully saturated rings. The number of benzene rings is 1. The summed E-state index contributed by atoms with van der Waals surface area (Å²) >= 11 is 3.21. The van der Waals surface area contributed by atoms with E-state index in [1.807, 2.05) is 35.6 Å². The summed E-state index contributed by atoms with van der Waals surface area (Å²) in [5, 5.41) is 10.5. The predicted octanol–water partition coefficient (Wildman–Crippen LogP) is 4.49. The van der Waals surface area contributed by atoms with Gasteiger partial charge in [0.15, 0.2) is 11.0 Å². The van der Waals surface area contributed by atoms with Gasteiger partial charge in [0, 0.05) is 26.1 Å². The van der Waals surface area contributed by atoms with Gasteiger partial charge < -0.3 is 13.9 Å². The first kappa shape index (κ1) is 20.3. The monoisotopic (exact) mass is 453 g/mol. The van der Waals surface area contributed by atoms with Crippen molar-refractivity contribution in [1.82, 2.24) is 24.6 Å². The molecule has 1 saturated heterocycles. The van der Waals surface area contributed by atoms with Crippen LogP contribution in [-0.2, 0) is 11.8 Å². The molecule has 4 aromatic rings. The van der Waals surface area contributed by atoms with E-state index in [-0.39, 0.29) is 5.91 Å². The molecule has 0 N–H and O–H groups in total. The van der Waals surface area contributed by atoms with Crippen molar-refractivity contribution in [3.63, 3.8) is 0 Å². The second kappa shape index (κ2) is 8.47. The summed E-state index contributed by atoms with van der Waals surface area (Å²) < 4.78 is 8.51. The van der Waals surface area contributed by atoms with Crippen molar-refractivity contribution in [2.24, 2.45) is 7.05 Å². The fraction of sp³-hybridized carbons (Fsp3) is 0.364. The third kappa shape index (κ3) is 3.99. The quantitative estimate of drug-likeness (QED) is 0.414. The summed E-state index contributed by atoms with van der Waals surface area (Å²) in [4.78, 5) is 19.6. The van der Waals surface area contributed by atoms with Gasteiger partial charge in [-0.2, -0.15) is 0 Å². The molecule has 0 unspecified atom stereocenters. The van der Waals surface area contributed by atoms with Gasteiger partial charge in [-0.15, -0.1) is 21.5 Å². The first-order chi connectivity index (χ1) is 15.1. The molecule has 0 radical (unpaired) electrons. The fourth-order valence-electron chi connectivity index (χ4n) is 3.95. The van der Waals surface area contributed by atoms with E-state index in [1.54, 1.807) is 17.6 Å². The van der Waals surface area contributed by atoms with Crippen LogP contribution < -0.4 is 0 Å². The maximum Gasteiger partial charge on any atom is 0.233 e.